The second-order valence-corrected chi connectivity index (χ2v) is 10.0. The number of para-hydroxylation sites is 2. The molecule has 1 fully saturated rings. The van der Waals surface area contributed by atoms with Gasteiger partial charge in [0, 0.05) is 39.0 Å². The molecule has 4 rings (SSSR count). The highest BCUT2D eigenvalue weighted by Gasteiger charge is 2.30. The molecule has 1 amide bonds. The number of carbonyl (C=O) groups excluding carboxylic acids is 1. The fraction of sp³-hybridized carbons (Fsp3) is 0.391. The number of aromatic amines is 1. The lowest BCUT2D eigenvalue weighted by molar-refractivity contribution is -0.132. The normalized spacial score (nSPS) is 15.5. The number of aryl methyl sites for hydroxylation is 3. The Morgan fingerprint density at radius 2 is 1.77 bits per heavy atom. The van der Waals surface area contributed by atoms with Crippen molar-refractivity contribution in [1.29, 1.82) is 0 Å². The van der Waals surface area contributed by atoms with Crippen molar-refractivity contribution in [3.05, 3.63) is 59.4 Å². The van der Waals surface area contributed by atoms with E-state index in [1.165, 1.54) is 4.31 Å². The molecule has 0 radical (unpaired) electrons. The van der Waals surface area contributed by atoms with Crippen molar-refractivity contribution in [2.45, 2.75) is 38.0 Å². The van der Waals surface area contributed by atoms with Gasteiger partial charge in [-0.3, -0.25) is 4.79 Å². The fourth-order valence-corrected chi connectivity index (χ4v) is 5.40. The van der Waals surface area contributed by atoms with Crippen LogP contribution in [-0.4, -0.2) is 59.7 Å². The molecule has 2 heterocycles. The topological polar surface area (TPSA) is 86.4 Å². The number of hydrogen-bond donors (Lipinski definition) is 1. The van der Waals surface area contributed by atoms with E-state index < -0.39 is 10.0 Å². The van der Waals surface area contributed by atoms with Gasteiger partial charge >= 0.3 is 0 Å². The van der Waals surface area contributed by atoms with E-state index in [4.69, 9.17) is 0 Å². The van der Waals surface area contributed by atoms with Gasteiger partial charge < -0.3 is 9.88 Å². The molecule has 1 aliphatic rings. The number of aromatic nitrogens is 2. The van der Waals surface area contributed by atoms with Crippen LogP contribution in [0.4, 0.5) is 0 Å². The molecule has 8 heteroatoms. The number of nitrogens with zero attached hydrogens (tertiary/aromatic N) is 3. The summed E-state index contributed by atoms with van der Waals surface area (Å²) in [5.74, 6) is 0.956. The molecule has 1 N–H and O–H groups in total. The molecule has 1 saturated heterocycles. The van der Waals surface area contributed by atoms with E-state index in [1.807, 2.05) is 44.2 Å². The minimum Gasteiger partial charge on any atom is -0.342 e. The van der Waals surface area contributed by atoms with Gasteiger partial charge in [0.25, 0.3) is 0 Å². The largest absolute Gasteiger partial charge is 0.342 e. The van der Waals surface area contributed by atoms with Crippen molar-refractivity contribution in [3.63, 3.8) is 0 Å². The van der Waals surface area contributed by atoms with E-state index in [2.05, 4.69) is 9.97 Å². The van der Waals surface area contributed by atoms with Crippen molar-refractivity contribution in [2.75, 3.05) is 26.2 Å². The highest BCUT2D eigenvalue weighted by atomic mass is 32.2. The number of sulfonamides is 1. The Bertz CT molecular complexity index is 1160. The molecule has 0 spiro atoms. The molecule has 0 unspecified atom stereocenters. The van der Waals surface area contributed by atoms with Crippen LogP contribution in [0, 0.1) is 13.8 Å². The fourth-order valence-electron chi connectivity index (χ4n) is 3.89. The van der Waals surface area contributed by atoms with Crippen molar-refractivity contribution in [1.82, 2.24) is 19.2 Å². The van der Waals surface area contributed by atoms with E-state index in [-0.39, 0.29) is 5.91 Å². The summed E-state index contributed by atoms with van der Waals surface area (Å²) in [4.78, 5) is 22.5. The summed E-state index contributed by atoms with van der Waals surface area (Å²) in [5.41, 5.74) is 3.96. The van der Waals surface area contributed by atoms with Gasteiger partial charge in [-0.1, -0.05) is 18.2 Å². The van der Waals surface area contributed by atoms with Crippen LogP contribution in [0.25, 0.3) is 11.0 Å². The number of benzene rings is 2. The summed E-state index contributed by atoms with van der Waals surface area (Å²) in [6.07, 6.45) is 1.85. The molecule has 0 aliphatic carbocycles. The molecule has 2 aromatic carbocycles. The van der Waals surface area contributed by atoms with Gasteiger partial charge in [0.15, 0.2) is 0 Å². The maximum Gasteiger partial charge on any atom is 0.243 e. The quantitative estimate of drug-likeness (QED) is 0.638. The van der Waals surface area contributed by atoms with Crippen molar-refractivity contribution in [3.8, 4) is 0 Å². The van der Waals surface area contributed by atoms with Crippen LogP contribution >= 0.6 is 0 Å². The van der Waals surface area contributed by atoms with Gasteiger partial charge in [0.1, 0.15) is 5.82 Å². The van der Waals surface area contributed by atoms with Crippen molar-refractivity contribution < 1.29 is 13.2 Å². The molecule has 31 heavy (non-hydrogen) atoms. The number of H-pyrrole nitrogens is 1. The van der Waals surface area contributed by atoms with Crippen LogP contribution in [0.2, 0.25) is 0 Å². The number of amides is 1. The van der Waals surface area contributed by atoms with Gasteiger partial charge in [0.2, 0.25) is 15.9 Å². The summed E-state index contributed by atoms with van der Waals surface area (Å²) in [5, 5.41) is 0. The van der Waals surface area contributed by atoms with Gasteiger partial charge in [-0.05, 0) is 55.7 Å². The first-order valence-electron chi connectivity index (χ1n) is 10.6. The zero-order valence-corrected chi connectivity index (χ0v) is 18.8. The number of nitrogens with one attached hydrogen (secondary N) is 1. The first kappa shape index (κ1) is 21.5. The van der Waals surface area contributed by atoms with E-state index in [0.717, 1.165) is 28.0 Å². The highest BCUT2D eigenvalue weighted by Crippen LogP contribution is 2.21. The average molecular weight is 441 g/mol. The van der Waals surface area contributed by atoms with Crippen LogP contribution in [0.5, 0.6) is 0 Å². The SMILES string of the molecule is Cc1ccc(S(=O)(=O)N2CCN(C(=O)CCCc3nc4ccccc4[nH]3)CC2)cc1C. The number of imidazole rings is 1. The van der Waals surface area contributed by atoms with Gasteiger partial charge in [-0.15, -0.1) is 0 Å². The van der Waals surface area contributed by atoms with E-state index in [0.29, 0.717) is 50.3 Å². The Morgan fingerprint density at radius 3 is 2.48 bits per heavy atom. The lowest BCUT2D eigenvalue weighted by atomic mass is 10.1. The van der Waals surface area contributed by atoms with E-state index in [9.17, 15) is 13.2 Å². The molecule has 0 bridgehead atoms. The molecule has 7 nitrogen and oxygen atoms in total. The third kappa shape index (κ3) is 4.65. The van der Waals surface area contributed by atoms with Crippen molar-refractivity contribution in [2.24, 2.45) is 0 Å². The van der Waals surface area contributed by atoms with Gasteiger partial charge in [-0.25, -0.2) is 13.4 Å². The summed E-state index contributed by atoms with van der Waals surface area (Å²) in [7, 11) is -3.53. The smallest absolute Gasteiger partial charge is 0.243 e. The third-order valence-electron chi connectivity index (χ3n) is 5.95. The highest BCUT2D eigenvalue weighted by molar-refractivity contribution is 7.89. The molecular weight excluding hydrogens is 412 g/mol. The summed E-state index contributed by atoms with van der Waals surface area (Å²) in [6.45, 7) is 5.37. The summed E-state index contributed by atoms with van der Waals surface area (Å²) < 4.78 is 27.4. The number of fused-ring (bicyclic) bond motifs is 1. The van der Waals surface area contributed by atoms with E-state index >= 15 is 0 Å². The predicted molar refractivity (Wildman–Crippen MR) is 120 cm³/mol. The average Bonchev–Trinajstić information content (AvgIpc) is 3.18. The molecule has 0 saturated carbocycles. The Balaban J connectivity index is 1.28. The van der Waals surface area contributed by atoms with Crippen molar-refractivity contribution >= 4 is 27.0 Å². The van der Waals surface area contributed by atoms with Crippen LogP contribution in [0.1, 0.15) is 29.8 Å². The monoisotopic (exact) mass is 440 g/mol. The maximum atomic E-state index is 12.9. The summed E-state index contributed by atoms with van der Waals surface area (Å²) in [6, 6.07) is 13.1. The zero-order valence-electron chi connectivity index (χ0n) is 18.0. The Hall–Kier alpha value is -2.71. The zero-order chi connectivity index (χ0) is 22.0. The predicted octanol–water partition coefficient (Wildman–Crippen LogP) is 3.04. The Labute approximate surface area is 183 Å². The van der Waals surface area contributed by atoms with Crippen LogP contribution in [0.3, 0.4) is 0 Å². The second kappa shape index (κ2) is 8.80. The maximum absolute atomic E-state index is 12.9. The molecule has 164 valence electrons. The first-order chi connectivity index (χ1) is 14.8. The summed E-state index contributed by atoms with van der Waals surface area (Å²) >= 11 is 0. The first-order valence-corrected chi connectivity index (χ1v) is 12.1. The van der Waals surface area contributed by atoms with Crippen LogP contribution in [-0.2, 0) is 21.2 Å². The molecule has 1 aliphatic heterocycles. The Kier molecular flexibility index (Phi) is 6.11. The number of rotatable bonds is 6. The van der Waals surface area contributed by atoms with Gasteiger partial charge in [0.05, 0.1) is 15.9 Å². The standard InChI is InChI=1S/C23H28N4O3S/c1-17-10-11-19(16-18(17)2)31(29,30)27-14-12-26(13-15-27)23(28)9-5-8-22-24-20-6-3-4-7-21(20)25-22/h3-4,6-7,10-11,16H,5,8-9,12-15H2,1-2H3,(H,24,25). The lowest BCUT2D eigenvalue weighted by Crippen LogP contribution is -2.50. The van der Waals surface area contributed by atoms with Gasteiger partial charge in [-0.2, -0.15) is 4.31 Å². The Morgan fingerprint density at radius 1 is 1.03 bits per heavy atom. The second-order valence-electron chi connectivity index (χ2n) is 8.09. The molecular formula is C23H28N4O3S. The number of piperazine rings is 1. The lowest BCUT2D eigenvalue weighted by Gasteiger charge is -2.34. The van der Waals surface area contributed by atoms with Crippen LogP contribution in [0.15, 0.2) is 47.4 Å². The van der Waals surface area contributed by atoms with Crippen LogP contribution < -0.4 is 0 Å². The molecule has 0 atom stereocenters. The number of carbonyl (C=O) groups is 1. The minimum atomic E-state index is -3.53. The van der Waals surface area contributed by atoms with E-state index in [1.54, 1.807) is 17.0 Å². The molecule has 1 aromatic heterocycles. The third-order valence-corrected chi connectivity index (χ3v) is 7.84. The molecule has 3 aromatic rings. The number of hydrogen-bond acceptors (Lipinski definition) is 4. The minimum absolute atomic E-state index is 0.0688.